The second-order valence-electron chi connectivity index (χ2n) is 8.49. The highest BCUT2D eigenvalue weighted by Gasteiger charge is 2.73. The number of methoxy groups -OCH3 is 1. The van der Waals surface area contributed by atoms with Crippen LogP contribution in [0.15, 0.2) is 24.3 Å². The molecule has 3 heterocycles. The Morgan fingerprint density at radius 2 is 2.03 bits per heavy atom. The molecule has 3 aliphatic rings. The van der Waals surface area contributed by atoms with Gasteiger partial charge in [-0.15, -0.1) is 11.8 Å². The van der Waals surface area contributed by atoms with Crippen LogP contribution in [0.5, 0.6) is 5.75 Å². The van der Waals surface area contributed by atoms with Crippen LogP contribution >= 0.6 is 11.8 Å². The minimum absolute atomic E-state index is 0.00104. The minimum atomic E-state index is -0.671. The minimum Gasteiger partial charge on any atom is -0.497 e. The van der Waals surface area contributed by atoms with Crippen molar-refractivity contribution in [3.63, 3.8) is 0 Å². The Labute approximate surface area is 192 Å². The number of aliphatic hydroxyl groups excluding tert-OH is 1. The maximum atomic E-state index is 13.6. The van der Waals surface area contributed by atoms with Crippen LogP contribution in [0.4, 0.5) is 5.69 Å². The van der Waals surface area contributed by atoms with E-state index in [2.05, 4.69) is 5.32 Å². The predicted octanol–water partition coefficient (Wildman–Crippen LogP) is 2.06. The van der Waals surface area contributed by atoms with E-state index in [1.807, 2.05) is 0 Å². The standard InChI is InChI=1S/C23H30N2O6S/c1-3-31-22(29)17-16-10-11-23(32-16)18(17)21(28)25(12-4-5-13-26)19(23)20(27)24-14-6-8-15(30-2)9-7-14/h6-9,16-19,26H,3-5,10-13H2,1-2H3,(H,24,27)/t16-,17+,18+,19?,23?/m1/s1. The van der Waals surface area contributed by atoms with E-state index in [9.17, 15) is 19.5 Å². The van der Waals surface area contributed by atoms with E-state index in [0.717, 1.165) is 6.42 Å². The number of unbranched alkanes of at least 4 members (excludes halogenated alkanes) is 1. The van der Waals surface area contributed by atoms with Crippen LogP contribution in [0.1, 0.15) is 32.6 Å². The maximum absolute atomic E-state index is 13.6. The molecular formula is C23H30N2O6S. The van der Waals surface area contributed by atoms with Crippen molar-refractivity contribution in [2.45, 2.75) is 48.6 Å². The quantitative estimate of drug-likeness (QED) is 0.427. The van der Waals surface area contributed by atoms with E-state index in [1.54, 1.807) is 55.0 Å². The number of hydrogen-bond acceptors (Lipinski definition) is 7. The lowest BCUT2D eigenvalue weighted by Crippen LogP contribution is -2.51. The van der Waals surface area contributed by atoms with Gasteiger partial charge in [-0.1, -0.05) is 0 Å². The molecule has 0 aromatic heterocycles. The zero-order valence-electron chi connectivity index (χ0n) is 18.4. The van der Waals surface area contributed by atoms with E-state index < -0.39 is 22.6 Å². The van der Waals surface area contributed by atoms with Crippen LogP contribution < -0.4 is 10.1 Å². The number of nitrogens with zero attached hydrogens (tertiary/aromatic N) is 1. The van der Waals surface area contributed by atoms with Gasteiger partial charge in [-0.25, -0.2) is 0 Å². The summed E-state index contributed by atoms with van der Waals surface area (Å²) < 4.78 is 9.86. The number of nitrogens with one attached hydrogen (secondary N) is 1. The molecule has 8 nitrogen and oxygen atoms in total. The number of rotatable bonds is 9. The van der Waals surface area contributed by atoms with Gasteiger partial charge in [0, 0.05) is 24.1 Å². The third-order valence-corrected chi connectivity index (χ3v) is 8.72. The molecule has 4 rings (SSSR count). The highest BCUT2D eigenvalue weighted by atomic mass is 32.2. The Kier molecular flexibility index (Phi) is 6.67. The first-order valence-electron chi connectivity index (χ1n) is 11.2. The Balaban J connectivity index is 1.63. The average molecular weight is 463 g/mol. The van der Waals surface area contributed by atoms with E-state index in [-0.39, 0.29) is 36.2 Å². The first kappa shape index (κ1) is 22.9. The molecule has 0 aliphatic carbocycles. The number of esters is 1. The summed E-state index contributed by atoms with van der Waals surface area (Å²) in [5, 5.41) is 12.2. The van der Waals surface area contributed by atoms with Crippen molar-refractivity contribution in [2.24, 2.45) is 11.8 Å². The van der Waals surface area contributed by atoms with Gasteiger partial charge in [0.2, 0.25) is 11.8 Å². The SMILES string of the molecule is CCOC(=O)[C@@H]1[C@H]2C(=O)N(CCCCO)C(C(=O)Nc3ccc(OC)cc3)C23CC[C@H]1S3. The van der Waals surface area contributed by atoms with Gasteiger partial charge >= 0.3 is 5.97 Å². The van der Waals surface area contributed by atoms with E-state index in [1.165, 1.54) is 0 Å². The Morgan fingerprint density at radius 1 is 1.28 bits per heavy atom. The van der Waals surface area contributed by atoms with Gasteiger partial charge in [0.15, 0.2) is 0 Å². The summed E-state index contributed by atoms with van der Waals surface area (Å²) in [7, 11) is 1.58. The third kappa shape index (κ3) is 3.75. The molecule has 5 atom stereocenters. The second kappa shape index (κ2) is 9.31. The van der Waals surface area contributed by atoms with Crippen LogP contribution in [0.3, 0.4) is 0 Å². The monoisotopic (exact) mass is 462 g/mol. The van der Waals surface area contributed by atoms with Gasteiger partial charge in [0.25, 0.3) is 0 Å². The molecule has 1 spiro atoms. The number of aliphatic hydroxyl groups is 1. The number of fused-ring (bicyclic) bond motifs is 1. The summed E-state index contributed by atoms with van der Waals surface area (Å²) in [4.78, 5) is 41.6. The molecule has 174 valence electrons. The fourth-order valence-electron chi connectivity index (χ4n) is 5.48. The molecule has 1 aromatic rings. The van der Waals surface area contributed by atoms with Gasteiger partial charge in [0.1, 0.15) is 11.8 Å². The summed E-state index contributed by atoms with van der Waals surface area (Å²) in [6.07, 6.45) is 2.64. The smallest absolute Gasteiger partial charge is 0.310 e. The normalized spacial score (nSPS) is 30.3. The lowest BCUT2D eigenvalue weighted by molar-refractivity contribution is -0.153. The number of anilines is 1. The summed E-state index contributed by atoms with van der Waals surface area (Å²) in [5.74, 6) is -1.10. The van der Waals surface area contributed by atoms with Crippen LogP contribution in [0.2, 0.25) is 0 Å². The molecule has 2 bridgehead atoms. The molecule has 0 saturated carbocycles. The molecule has 3 saturated heterocycles. The molecular weight excluding hydrogens is 432 g/mol. The Morgan fingerprint density at radius 3 is 2.69 bits per heavy atom. The van der Waals surface area contributed by atoms with Crippen LogP contribution in [-0.4, -0.2) is 70.7 Å². The Bertz CT molecular complexity index is 878. The van der Waals surface area contributed by atoms with Crippen molar-refractivity contribution < 1.29 is 29.0 Å². The lowest BCUT2D eigenvalue weighted by atomic mass is 9.71. The molecule has 2 unspecified atom stereocenters. The summed E-state index contributed by atoms with van der Waals surface area (Å²) >= 11 is 1.62. The summed E-state index contributed by atoms with van der Waals surface area (Å²) in [6, 6.07) is 6.39. The molecule has 2 N–H and O–H groups in total. The van der Waals surface area contributed by atoms with Gasteiger partial charge in [-0.2, -0.15) is 0 Å². The lowest BCUT2D eigenvalue weighted by Gasteiger charge is -2.34. The molecule has 0 radical (unpaired) electrons. The maximum Gasteiger partial charge on any atom is 0.310 e. The van der Waals surface area contributed by atoms with E-state index >= 15 is 0 Å². The van der Waals surface area contributed by atoms with E-state index in [0.29, 0.717) is 37.2 Å². The highest BCUT2D eigenvalue weighted by molar-refractivity contribution is 8.02. The first-order valence-corrected chi connectivity index (χ1v) is 12.1. The van der Waals surface area contributed by atoms with Crippen molar-refractivity contribution in [1.29, 1.82) is 0 Å². The molecule has 32 heavy (non-hydrogen) atoms. The van der Waals surface area contributed by atoms with Gasteiger partial charge in [-0.3, -0.25) is 14.4 Å². The van der Waals surface area contributed by atoms with Gasteiger partial charge < -0.3 is 24.8 Å². The fraction of sp³-hybridized carbons (Fsp3) is 0.609. The third-order valence-electron chi connectivity index (χ3n) is 6.77. The summed E-state index contributed by atoms with van der Waals surface area (Å²) in [6.45, 7) is 2.43. The number of carbonyl (C=O) groups is 3. The van der Waals surface area contributed by atoms with Crippen molar-refractivity contribution in [1.82, 2.24) is 4.90 Å². The zero-order valence-corrected chi connectivity index (χ0v) is 19.2. The summed E-state index contributed by atoms with van der Waals surface area (Å²) in [5.41, 5.74) is 0.623. The molecule has 1 aromatic carbocycles. The Hall–Kier alpha value is -2.26. The second-order valence-corrected chi connectivity index (χ2v) is 10.1. The van der Waals surface area contributed by atoms with Crippen molar-refractivity contribution in [3.05, 3.63) is 24.3 Å². The number of carbonyl (C=O) groups excluding carboxylic acids is 3. The zero-order chi connectivity index (χ0) is 22.9. The average Bonchev–Trinajstić information content (AvgIpc) is 3.42. The number of likely N-dealkylation sites (tertiary alicyclic amines) is 1. The molecule has 3 aliphatic heterocycles. The van der Waals surface area contributed by atoms with Crippen molar-refractivity contribution in [2.75, 3.05) is 32.2 Å². The number of thioether (sulfide) groups is 1. The predicted molar refractivity (Wildman–Crippen MR) is 120 cm³/mol. The number of benzene rings is 1. The largest absolute Gasteiger partial charge is 0.497 e. The van der Waals surface area contributed by atoms with Gasteiger partial charge in [-0.05, 0) is 56.9 Å². The van der Waals surface area contributed by atoms with Crippen LogP contribution in [-0.2, 0) is 19.1 Å². The fourth-order valence-corrected chi connectivity index (χ4v) is 7.69. The molecule has 3 fully saturated rings. The van der Waals surface area contributed by atoms with Gasteiger partial charge in [0.05, 0.1) is 30.3 Å². The number of amides is 2. The highest BCUT2D eigenvalue weighted by Crippen LogP contribution is 2.66. The topological polar surface area (TPSA) is 105 Å². The molecule has 2 amide bonds. The van der Waals surface area contributed by atoms with Crippen LogP contribution in [0, 0.1) is 11.8 Å². The van der Waals surface area contributed by atoms with E-state index in [4.69, 9.17) is 9.47 Å². The first-order chi connectivity index (χ1) is 15.5. The van der Waals surface area contributed by atoms with Crippen LogP contribution in [0.25, 0.3) is 0 Å². The number of ether oxygens (including phenoxy) is 2. The van der Waals surface area contributed by atoms with Crippen molar-refractivity contribution >= 4 is 35.2 Å². The molecule has 9 heteroatoms. The number of hydrogen-bond donors (Lipinski definition) is 2. The van der Waals surface area contributed by atoms with Crippen molar-refractivity contribution in [3.8, 4) is 5.75 Å².